The van der Waals surface area contributed by atoms with Gasteiger partial charge in [-0.15, -0.1) is 0 Å². The molecule has 9 heteroatoms. The van der Waals surface area contributed by atoms with Gasteiger partial charge >= 0.3 is 0 Å². The molecule has 0 aliphatic heterocycles. The van der Waals surface area contributed by atoms with Crippen molar-refractivity contribution >= 4 is 21.6 Å². The Morgan fingerprint density at radius 2 is 1.74 bits per heavy atom. The lowest BCUT2D eigenvalue weighted by molar-refractivity contribution is 0.0932. The Morgan fingerprint density at radius 1 is 1.07 bits per heavy atom. The predicted molar refractivity (Wildman–Crippen MR) is 98.6 cm³/mol. The number of carbonyl (C=O) groups is 1. The van der Waals surface area contributed by atoms with Crippen LogP contribution in [0.1, 0.15) is 35.0 Å². The number of carbonyl (C=O) groups excluding carboxylic acids is 1. The number of benzene rings is 2. The third-order valence-corrected chi connectivity index (χ3v) is 5.11. The summed E-state index contributed by atoms with van der Waals surface area (Å²) in [5.74, 6) is 0.463. The van der Waals surface area contributed by atoms with Crippen molar-refractivity contribution in [3.8, 4) is 0 Å². The predicted octanol–water partition coefficient (Wildman–Crippen LogP) is 2.67. The quantitative estimate of drug-likeness (QED) is 0.673. The highest BCUT2D eigenvalue weighted by atomic mass is 32.2. The summed E-state index contributed by atoms with van der Waals surface area (Å²) in [6.45, 7) is 3.42. The van der Waals surface area contributed by atoms with E-state index in [0.717, 1.165) is 0 Å². The van der Waals surface area contributed by atoms with Gasteiger partial charge in [-0.1, -0.05) is 23.4 Å². The van der Waals surface area contributed by atoms with Crippen LogP contribution in [0.15, 0.2) is 64.0 Å². The van der Waals surface area contributed by atoms with Gasteiger partial charge in [-0.05, 0) is 50.2 Å². The van der Waals surface area contributed by atoms with Crippen molar-refractivity contribution in [3.05, 3.63) is 71.9 Å². The monoisotopic (exact) mass is 386 g/mol. The smallest absolute Gasteiger partial charge is 0.261 e. The molecule has 1 amide bonds. The van der Waals surface area contributed by atoms with Gasteiger partial charge in [0.05, 0.1) is 4.90 Å². The molecule has 0 bridgehead atoms. The van der Waals surface area contributed by atoms with Gasteiger partial charge in [0.1, 0.15) is 6.04 Å². The first kappa shape index (κ1) is 18.6. The molecule has 1 atom stereocenters. The van der Waals surface area contributed by atoms with Gasteiger partial charge in [0.15, 0.2) is 5.82 Å². The molecule has 3 aromatic rings. The van der Waals surface area contributed by atoms with E-state index in [-0.39, 0.29) is 10.8 Å². The minimum atomic E-state index is -3.68. The Labute approximate surface area is 156 Å². The van der Waals surface area contributed by atoms with E-state index in [1.54, 1.807) is 32.0 Å². The van der Waals surface area contributed by atoms with Crippen LogP contribution in [0.5, 0.6) is 0 Å². The van der Waals surface area contributed by atoms with Crippen LogP contribution in [0, 0.1) is 6.92 Å². The normalized spacial score (nSPS) is 12.4. The van der Waals surface area contributed by atoms with Gasteiger partial charge in [-0.2, -0.15) is 4.98 Å². The molecular weight excluding hydrogens is 368 g/mol. The molecule has 0 spiro atoms. The van der Waals surface area contributed by atoms with Crippen molar-refractivity contribution < 1.29 is 17.7 Å². The molecule has 1 heterocycles. The standard InChI is InChI=1S/C18H18N4O4S/c1-12(18-20-13(2)21-26-18)19-17(23)14-8-10-15(11-9-14)22-27(24,25)16-6-4-3-5-7-16/h3-12,22H,1-2H3,(H,19,23). The van der Waals surface area contributed by atoms with E-state index in [9.17, 15) is 13.2 Å². The minimum Gasteiger partial charge on any atom is -0.341 e. The van der Waals surface area contributed by atoms with E-state index in [1.165, 1.54) is 36.4 Å². The van der Waals surface area contributed by atoms with Crippen LogP contribution in [0.2, 0.25) is 0 Å². The molecule has 1 unspecified atom stereocenters. The number of rotatable bonds is 6. The second-order valence-corrected chi connectivity index (χ2v) is 7.55. The number of sulfonamides is 1. The molecule has 0 aliphatic rings. The average molecular weight is 386 g/mol. The fourth-order valence-electron chi connectivity index (χ4n) is 2.33. The first-order valence-corrected chi connectivity index (χ1v) is 9.62. The first-order chi connectivity index (χ1) is 12.8. The lowest BCUT2D eigenvalue weighted by Crippen LogP contribution is -2.26. The van der Waals surface area contributed by atoms with Crippen LogP contribution in [0.4, 0.5) is 5.69 Å². The number of amides is 1. The number of nitrogens with zero attached hydrogens (tertiary/aromatic N) is 2. The second kappa shape index (κ2) is 7.58. The van der Waals surface area contributed by atoms with Crippen molar-refractivity contribution in [2.45, 2.75) is 24.8 Å². The van der Waals surface area contributed by atoms with E-state index in [0.29, 0.717) is 23.0 Å². The largest absolute Gasteiger partial charge is 0.341 e. The molecule has 0 aliphatic carbocycles. The lowest BCUT2D eigenvalue weighted by atomic mass is 10.2. The summed E-state index contributed by atoms with van der Waals surface area (Å²) >= 11 is 0. The van der Waals surface area contributed by atoms with Crippen molar-refractivity contribution in [1.82, 2.24) is 15.5 Å². The van der Waals surface area contributed by atoms with Crippen molar-refractivity contribution in [3.63, 3.8) is 0 Å². The molecule has 2 N–H and O–H groups in total. The lowest BCUT2D eigenvalue weighted by Gasteiger charge is -2.11. The van der Waals surface area contributed by atoms with E-state index in [4.69, 9.17) is 4.52 Å². The maximum absolute atomic E-state index is 12.3. The van der Waals surface area contributed by atoms with E-state index >= 15 is 0 Å². The van der Waals surface area contributed by atoms with Gasteiger partial charge in [0, 0.05) is 11.3 Å². The van der Waals surface area contributed by atoms with E-state index in [2.05, 4.69) is 20.2 Å². The van der Waals surface area contributed by atoms with Crippen LogP contribution in [-0.4, -0.2) is 24.5 Å². The highest BCUT2D eigenvalue weighted by Crippen LogP contribution is 2.17. The van der Waals surface area contributed by atoms with Gasteiger partial charge in [0.25, 0.3) is 15.9 Å². The van der Waals surface area contributed by atoms with Gasteiger partial charge in [0.2, 0.25) is 5.89 Å². The number of hydrogen-bond acceptors (Lipinski definition) is 6. The maximum Gasteiger partial charge on any atom is 0.261 e. The highest BCUT2D eigenvalue weighted by Gasteiger charge is 2.17. The molecule has 27 heavy (non-hydrogen) atoms. The number of aryl methyl sites for hydroxylation is 1. The molecule has 0 fully saturated rings. The number of anilines is 1. The molecule has 0 saturated heterocycles. The van der Waals surface area contributed by atoms with Crippen LogP contribution >= 0.6 is 0 Å². The first-order valence-electron chi connectivity index (χ1n) is 8.14. The Morgan fingerprint density at radius 3 is 2.33 bits per heavy atom. The molecular formula is C18H18N4O4S. The van der Waals surface area contributed by atoms with E-state index < -0.39 is 16.1 Å². The fourth-order valence-corrected chi connectivity index (χ4v) is 3.41. The Balaban J connectivity index is 1.67. The van der Waals surface area contributed by atoms with Crippen LogP contribution in [0.25, 0.3) is 0 Å². The summed E-state index contributed by atoms with van der Waals surface area (Å²) in [5, 5.41) is 6.43. The minimum absolute atomic E-state index is 0.162. The van der Waals surface area contributed by atoms with Crippen LogP contribution in [-0.2, 0) is 10.0 Å². The zero-order valence-corrected chi connectivity index (χ0v) is 15.5. The molecule has 0 saturated carbocycles. The van der Waals surface area contributed by atoms with Gasteiger partial charge < -0.3 is 9.84 Å². The van der Waals surface area contributed by atoms with Crippen molar-refractivity contribution in [2.75, 3.05) is 4.72 Å². The maximum atomic E-state index is 12.3. The third kappa shape index (κ3) is 4.50. The zero-order chi connectivity index (χ0) is 19.4. The van der Waals surface area contributed by atoms with Crippen molar-refractivity contribution in [1.29, 1.82) is 0 Å². The molecule has 0 radical (unpaired) electrons. The Bertz CT molecular complexity index is 1030. The van der Waals surface area contributed by atoms with Crippen molar-refractivity contribution in [2.24, 2.45) is 0 Å². The molecule has 2 aromatic carbocycles. The van der Waals surface area contributed by atoms with Gasteiger partial charge in [-0.3, -0.25) is 9.52 Å². The number of hydrogen-bond donors (Lipinski definition) is 2. The molecule has 3 rings (SSSR count). The molecule has 8 nitrogen and oxygen atoms in total. The summed E-state index contributed by atoms with van der Waals surface area (Å²) in [7, 11) is -3.68. The summed E-state index contributed by atoms with van der Waals surface area (Å²) in [6.07, 6.45) is 0. The van der Waals surface area contributed by atoms with Crippen LogP contribution in [0.3, 0.4) is 0 Å². The van der Waals surface area contributed by atoms with Gasteiger partial charge in [-0.25, -0.2) is 8.42 Å². The molecule has 1 aromatic heterocycles. The summed E-state index contributed by atoms with van der Waals surface area (Å²) in [4.78, 5) is 16.5. The zero-order valence-electron chi connectivity index (χ0n) is 14.7. The Hall–Kier alpha value is -3.20. The SMILES string of the molecule is Cc1noc(C(C)NC(=O)c2ccc(NS(=O)(=O)c3ccccc3)cc2)n1. The molecule has 140 valence electrons. The fraction of sp³-hybridized carbons (Fsp3) is 0.167. The topological polar surface area (TPSA) is 114 Å². The van der Waals surface area contributed by atoms with E-state index in [1.807, 2.05) is 0 Å². The Kier molecular flexibility index (Phi) is 5.22. The number of nitrogens with one attached hydrogen (secondary N) is 2. The highest BCUT2D eigenvalue weighted by molar-refractivity contribution is 7.92. The summed E-state index contributed by atoms with van der Waals surface area (Å²) in [6, 6.07) is 13.7. The summed E-state index contributed by atoms with van der Waals surface area (Å²) < 4.78 is 32.1. The van der Waals surface area contributed by atoms with Crippen LogP contribution < -0.4 is 10.0 Å². The third-order valence-electron chi connectivity index (χ3n) is 3.71. The summed E-state index contributed by atoms with van der Waals surface area (Å²) in [5.41, 5.74) is 0.733. The second-order valence-electron chi connectivity index (χ2n) is 5.87. The average Bonchev–Trinajstić information content (AvgIpc) is 3.09. The number of aromatic nitrogens is 2.